The van der Waals surface area contributed by atoms with Crippen LogP contribution in [0.1, 0.15) is 36.1 Å². The van der Waals surface area contributed by atoms with Crippen LogP contribution in [-0.4, -0.2) is 45.1 Å². The van der Waals surface area contributed by atoms with Crippen molar-refractivity contribution >= 4 is 22.2 Å². The van der Waals surface area contributed by atoms with Crippen molar-refractivity contribution in [3.05, 3.63) is 47.3 Å². The van der Waals surface area contributed by atoms with Crippen LogP contribution in [0.4, 0.5) is 0 Å². The van der Waals surface area contributed by atoms with E-state index in [1.165, 1.54) is 6.42 Å². The maximum atomic E-state index is 12.9. The molecule has 31 heavy (non-hydrogen) atoms. The molecule has 1 unspecified atom stereocenters. The smallest absolute Gasteiger partial charge is 0.322 e. The quantitative estimate of drug-likeness (QED) is 0.585. The second-order valence-corrected chi connectivity index (χ2v) is 9.82. The monoisotopic (exact) mass is 441 g/mol. The second kappa shape index (κ2) is 8.43. The number of hydrogen-bond donors (Lipinski definition) is 1. The standard InChI is InChI=1S/C23H27N3O4S/c1-15-10-24-20(14-31(27)22-25-18-6-3-4-7-19(18)26-22)16(2)21(15)28-11-17-12-29-23(30-13-17)8-5-9-23/h3-4,6-7,10,17H,5,8-9,11-14H2,1-2H3,(H,25,26). The molecule has 1 spiro atoms. The van der Waals surface area contributed by atoms with Crippen molar-refractivity contribution in [3.8, 4) is 5.75 Å². The molecule has 1 aliphatic heterocycles. The maximum Gasteiger partial charge on any atom is 0.322 e. The van der Waals surface area contributed by atoms with Gasteiger partial charge in [0, 0.05) is 47.3 Å². The highest BCUT2D eigenvalue weighted by Crippen LogP contribution is 2.40. The minimum Gasteiger partial charge on any atom is -0.609 e. The summed E-state index contributed by atoms with van der Waals surface area (Å²) in [7, 11) is 0. The van der Waals surface area contributed by atoms with Gasteiger partial charge in [-0.25, -0.2) is 0 Å². The van der Waals surface area contributed by atoms with E-state index in [1.807, 2.05) is 38.1 Å². The molecule has 2 aromatic heterocycles. The fraction of sp³-hybridized carbons (Fsp3) is 0.478. The van der Waals surface area contributed by atoms with E-state index in [-0.39, 0.29) is 17.5 Å². The first kappa shape index (κ1) is 20.8. The Morgan fingerprint density at radius 1 is 1.23 bits per heavy atom. The van der Waals surface area contributed by atoms with E-state index in [0.717, 1.165) is 46.4 Å². The summed E-state index contributed by atoms with van der Waals surface area (Å²) in [5, 5.41) is 0.465. The molecule has 3 aromatic rings. The van der Waals surface area contributed by atoms with Gasteiger partial charge in [-0.3, -0.25) is 9.97 Å². The lowest BCUT2D eigenvalue weighted by atomic mass is 9.90. The minimum atomic E-state index is -1.33. The largest absolute Gasteiger partial charge is 0.609 e. The third-order valence-electron chi connectivity index (χ3n) is 6.14. The van der Waals surface area contributed by atoms with Crippen LogP contribution >= 0.6 is 0 Å². The summed E-state index contributed by atoms with van der Waals surface area (Å²) >= 11 is -1.33. The van der Waals surface area contributed by atoms with Crippen LogP contribution in [0.5, 0.6) is 5.75 Å². The van der Waals surface area contributed by atoms with Crippen LogP contribution in [0.3, 0.4) is 0 Å². The average molecular weight is 442 g/mol. The van der Waals surface area contributed by atoms with Gasteiger partial charge in [-0.2, -0.15) is 4.98 Å². The lowest BCUT2D eigenvalue weighted by Gasteiger charge is -2.45. The normalized spacial score (nSPS) is 19.5. The number of benzene rings is 1. The van der Waals surface area contributed by atoms with Crippen LogP contribution < -0.4 is 4.74 Å². The highest BCUT2D eigenvalue weighted by molar-refractivity contribution is 7.90. The Kier molecular flexibility index (Phi) is 5.64. The molecule has 2 fully saturated rings. The number of aromatic nitrogens is 3. The second-order valence-electron chi connectivity index (χ2n) is 8.45. The number of rotatable bonds is 6. The molecule has 1 atom stereocenters. The van der Waals surface area contributed by atoms with E-state index >= 15 is 0 Å². The Bertz CT molecular complexity index is 1040. The number of H-pyrrole nitrogens is 1. The Morgan fingerprint density at radius 3 is 2.71 bits per heavy atom. The Labute approximate surface area is 184 Å². The summed E-state index contributed by atoms with van der Waals surface area (Å²) in [5.74, 6) is 0.967. The van der Waals surface area contributed by atoms with Crippen LogP contribution in [0.15, 0.2) is 35.6 Å². The molecular formula is C23H27N3O4S. The van der Waals surface area contributed by atoms with Crippen LogP contribution in [0.25, 0.3) is 11.0 Å². The van der Waals surface area contributed by atoms with E-state index < -0.39 is 11.2 Å². The van der Waals surface area contributed by atoms with E-state index in [9.17, 15) is 4.55 Å². The number of hydrogen-bond acceptors (Lipinski definition) is 6. The van der Waals surface area contributed by atoms with Gasteiger partial charge in [0.2, 0.25) is 0 Å². The number of para-hydroxylation sites is 2. The zero-order valence-electron chi connectivity index (χ0n) is 17.8. The number of nitrogens with one attached hydrogen (secondary N) is 1. The zero-order valence-corrected chi connectivity index (χ0v) is 18.7. The van der Waals surface area contributed by atoms with Gasteiger partial charge in [-0.1, -0.05) is 12.1 Å². The molecule has 1 saturated carbocycles. The number of imidazole rings is 1. The third-order valence-corrected chi connectivity index (χ3v) is 7.30. The van der Waals surface area contributed by atoms with Crippen molar-refractivity contribution in [1.29, 1.82) is 0 Å². The van der Waals surface area contributed by atoms with Gasteiger partial charge in [0.05, 0.1) is 36.5 Å². The minimum absolute atomic E-state index is 0.200. The Morgan fingerprint density at radius 2 is 2.00 bits per heavy atom. The summed E-state index contributed by atoms with van der Waals surface area (Å²) in [6.45, 7) is 5.79. The number of ether oxygens (including phenoxy) is 3. The maximum absolute atomic E-state index is 12.9. The fourth-order valence-electron chi connectivity index (χ4n) is 4.04. The molecule has 8 heteroatoms. The topological polar surface area (TPSA) is 92.3 Å². The molecular weight excluding hydrogens is 414 g/mol. The number of pyridine rings is 1. The molecule has 7 nitrogen and oxygen atoms in total. The SMILES string of the molecule is Cc1cnc(C[S+]([O-])c2nc3ccccc3[nH]2)c(C)c1OCC1COC2(CCC2)OC1. The third kappa shape index (κ3) is 4.17. The zero-order chi connectivity index (χ0) is 21.4. The van der Waals surface area contributed by atoms with Gasteiger partial charge in [0.1, 0.15) is 5.75 Å². The van der Waals surface area contributed by atoms with Gasteiger partial charge < -0.3 is 18.8 Å². The number of fused-ring (bicyclic) bond motifs is 1. The molecule has 3 heterocycles. The van der Waals surface area contributed by atoms with Crippen molar-refractivity contribution in [1.82, 2.24) is 15.0 Å². The summed E-state index contributed by atoms with van der Waals surface area (Å²) in [6, 6.07) is 7.67. The summed E-state index contributed by atoms with van der Waals surface area (Å²) in [6.07, 6.45) is 4.95. The van der Waals surface area contributed by atoms with Crippen molar-refractivity contribution < 1.29 is 18.8 Å². The molecule has 2 aliphatic rings. The van der Waals surface area contributed by atoms with Gasteiger partial charge in [-0.05, 0) is 32.4 Å². The predicted molar refractivity (Wildman–Crippen MR) is 117 cm³/mol. The lowest BCUT2D eigenvalue weighted by Crippen LogP contribution is -2.50. The highest BCUT2D eigenvalue weighted by Gasteiger charge is 2.43. The fourth-order valence-corrected chi connectivity index (χ4v) is 5.14. The highest BCUT2D eigenvalue weighted by atomic mass is 32.2. The molecule has 0 radical (unpaired) electrons. The van der Waals surface area contributed by atoms with E-state index in [0.29, 0.717) is 25.0 Å². The van der Waals surface area contributed by atoms with Crippen LogP contribution in [0.2, 0.25) is 0 Å². The summed E-state index contributed by atoms with van der Waals surface area (Å²) in [4.78, 5) is 12.1. The lowest BCUT2D eigenvalue weighted by molar-refractivity contribution is -0.318. The summed E-state index contributed by atoms with van der Waals surface area (Å²) in [5.41, 5.74) is 4.32. The molecule has 1 aliphatic carbocycles. The average Bonchev–Trinajstić information content (AvgIpc) is 3.19. The Balaban J connectivity index is 1.25. The van der Waals surface area contributed by atoms with E-state index in [1.54, 1.807) is 6.20 Å². The Hall–Kier alpha value is -2.13. The van der Waals surface area contributed by atoms with Crippen molar-refractivity contribution in [2.24, 2.45) is 5.92 Å². The predicted octanol–water partition coefficient (Wildman–Crippen LogP) is 3.80. The molecule has 1 N–H and O–H groups in total. The number of aromatic amines is 1. The van der Waals surface area contributed by atoms with Gasteiger partial charge in [-0.15, -0.1) is 0 Å². The van der Waals surface area contributed by atoms with Crippen LogP contribution in [0, 0.1) is 19.8 Å². The van der Waals surface area contributed by atoms with Gasteiger partial charge in [0.15, 0.2) is 11.5 Å². The molecule has 1 saturated heterocycles. The molecule has 164 valence electrons. The van der Waals surface area contributed by atoms with E-state index in [2.05, 4.69) is 15.0 Å². The number of aryl methyl sites for hydroxylation is 1. The van der Waals surface area contributed by atoms with Crippen LogP contribution in [-0.2, 0) is 26.4 Å². The van der Waals surface area contributed by atoms with Gasteiger partial charge >= 0.3 is 5.16 Å². The first-order valence-corrected chi connectivity index (χ1v) is 12.0. The van der Waals surface area contributed by atoms with Crippen molar-refractivity contribution in [2.45, 2.75) is 49.8 Å². The molecule has 0 amide bonds. The molecule has 1 aromatic carbocycles. The number of nitrogens with zero attached hydrogens (tertiary/aromatic N) is 2. The van der Waals surface area contributed by atoms with Gasteiger partial charge in [0.25, 0.3) is 0 Å². The van der Waals surface area contributed by atoms with Crippen molar-refractivity contribution in [3.63, 3.8) is 0 Å². The molecule has 5 rings (SSSR count). The first-order chi connectivity index (χ1) is 15.0. The van der Waals surface area contributed by atoms with Crippen molar-refractivity contribution in [2.75, 3.05) is 19.8 Å². The molecule has 0 bridgehead atoms. The first-order valence-electron chi connectivity index (χ1n) is 10.7. The van der Waals surface area contributed by atoms with E-state index in [4.69, 9.17) is 14.2 Å². The summed E-state index contributed by atoms with van der Waals surface area (Å²) < 4.78 is 31.0.